The minimum atomic E-state index is -0.381. The molecule has 1 unspecified atom stereocenters. The molecule has 1 saturated heterocycles. The highest BCUT2D eigenvalue weighted by Gasteiger charge is 2.18. The van der Waals surface area contributed by atoms with Gasteiger partial charge in [0.25, 0.3) is 5.91 Å². The summed E-state index contributed by atoms with van der Waals surface area (Å²) in [5, 5.41) is 12.2. The van der Waals surface area contributed by atoms with E-state index in [1.165, 1.54) is 0 Å². The molecule has 1 N–H and O–H groups in total. The van der Waals surface area contributed by atoms with Crippen LogP contribution in [0.2, 0.25) is 0 Å². The number of nitrogens with one attached hydrogen (secondary N) is 1. The summed E-state index contributed by atoms with van der Waals surface area (Å²) in [5.74, 6) is 0.843. The molecule has 1 aromatic carbocycles. The topological polar surface area (TPSA) is 77.8 Å². The minimum Gasteiger partial charge on any atom is -0.493 e. The molecule has 7 heteroatoms. The Bertz CT molecular complexity index is 703. The maximum Gasteiger partial charge on any atom is 0.263 e. The van der Waals surface area contributed by atoms with E-state index < -0.39 is 0 Å². The first kappa shape index (κ1) is 19.6. The number of nitrogens with zero attached hydrogens (tertiary/aromatic N) is 3. The Morgan fingerprint density at radius 3 is 2.46 bits per heavy atom. The van der Waals surface area contributed by atoms with Gasteiger partial charge in [-0.3, -0.25) is 4.79 Å². The van der Waals surface area contributed by atoms with E-state index in [4.69, 9.17) is 9.47 Å². The zero-order valence-electron chi connectivity index (χ0n) is 15.8. The van der Waals surface area contributed by atoms with Crippen LogP contribution in [0.4, 0.5) is 0 Å². The van der Waals surface area contributed by atoms with Crippen molar-refractivity contribution in [1.82, 2.24) is 15.1 Å². The van der Waals surface area contributed by atoms with Crippen LogP contribution in [0.5, 0.6) is 11.5 Å². The third kappa shape index (κ3) is 4.90. The van der Waals surface area contributed by atoms with Crippen LogP contribution in [0.15, 0.2) is 30.0 Å². The molecular weight excluding hydrogens is 332 g/mol. The van der Waals surface area contributed by atoms with Gasteiger partial charge in [0, 0.05) is 32.4 Å². The summed E-state index contributed by atoms with van der Waals surface area (Å²) in [6.45, 7) is 5.31. The molecule has 0 bridgehead atoms. The number of benzene rings is 1. The molecule has 2 rings (SSSR count). The second kappa shape index (κ2) is 9.11. The maximum atomic E-state index is 12.5. The molecule has 1 fully saturated rings. The normalized spacial score (nSPS) is 16.6. The van der Waals surface area contributed by atoms with Crippen molar-refractivity contribution < 1.29 is 14.3 Å². The Labute approximate surface area is 154 Å². The highest BCUT2D eigenvalue weighted by molar-refractivity contribution is 5.97. The lowest BCUT2D eigenvalue weighted by Crippen LogP contribution is -2.42. The SMILES string of the molecule is COc1ccc(C(C)NC(=O)/C(C#N)=C\N2CCN(C)CC2)cc1OC. The predicted octanol–water partition coefficient (Wildman–Crippen LogP) is 1.54. The van der Waals surface area contributed by atoms with Gasteiger partial charge in [-0.2, -0.15) is 5.26 Å². The fourth-order valence-corrected chi connectivity index (χ4v) is 2.75. The van der Waals surface area contributed by atoms with Crippen molar-refractivity contribution in [1.29, 1.82) is 5.26 Å². The van der Waals surface area contributed by atoms with E-state index in [2.05, 4.69) is 17.3 Å². The average Bonchev–Trinajstić information content (AvgIpc) is 2.66. The van der Waals surface area contributed by atoms with Crippen molar-refractivity contribution in [3.05, 3.63) is 35.5 Å². The number of amides is 1. The Hall–Kier alpha value is -2.72. The van der Waals surface area contributed by atoms with Crippen molar-refractivity contribution >= 4 is 5.91 Å². The van der Waals surface area contributed by atoms with Crippen molar-refractivity contribution in [2.24, 2.45) is 0 Å². The van der Waals surface area contributed by atoms with E-state index >= 15 is 0 Å². The number of piperazine rings is 1. The van der Waals surface area contributed by atoms with Crippen molar-refractivity contribution in [3.63, 3.8) is 0 Å². The van der Waals surface area contributed by atoms with Crippen LogP contribution in [0.3, 0.4) is 0 Å². The Kier molecular flexibility index (Phi) is 6.87. The summed E-state index contributed by atoms with van der Waals surface area (Å²) in [6.07, 6.45) is 1.66. The minimum absolute atomic E-state index is 0.113. The molecule has 1 amide bonds. The van der Waals surface area contributed by atoms with Crippen molar-refractivity contribution in [3.8, 4) is 17.6 Å². The molecule has 0 saturated carbocycles. The van der Waals surface area contributed by atoms with E-state index in [1.54, 1.807) is 26.5 Å². The van der Waals surface area contributed by atoms with Gasteiger partial charge in [-0.15, -0.1) is 0 Å². The monoisotopic (exact) mass is 358 g/mol. The van der Waals surface area contributed by atoms with Gasteiger partial charge in [0.05, 0.1) is 20.3 Å². The maximum absolute atomic E-state index is 12.5. The van der Waals surface area contributed by atoms with Crippen LogP contribution in [-0.4, -0.2) is 63.2 Å². The quantitative estimate of drug-likeness (QED) is 0.614. The molecule has 1 aromatic rings. The molecule has 1 atom stereocenters. The van der Waals surface area contributed by atoms with E-state index in [0.717, 1.165) is 31.7 Å². The van der Waals surface area contributed by atoms with Crippen LogP contribution < -0.4 is 14.8 Å². The summed E-state index contributed by atoms with van der Waals surface area (Å²) < 4.78 is 10.5. The molecule has 1 heterocycles. The van der Waals surface area contributed by atoms with Gasteiger partial charge in [-0.05, 0) is 31.7 Å². The Morgan fingerprint density at radius 2 is 1.88 bits per heavy atom. The zero-order valence-corrected chi connectivity index (χ0v) is 15.8. The van der Waals surface area contributed by atoms with Gasteiger partial charge < -0.3 is 24.6 Å². The number of likely N-dealkylation sites (N-methyl/N-ethyl adjacent to an activating group) is 1. The fourth-order valence-electron chi connectivity index (χ4n) is 2.75. The second-order valence-electron chi connectivity index (χ2n) is 6.30. The number of hydrogen-bond acceptors (Lipinski definition) is 6. The van der Waals surface area contributed by atoms with Gasteiger partial charge in [-0.1, -0.05) is 6.07 Å². The smallest absolute Gasteiger partial charge is 0.263 e. The summed E-state index contributed by atoms with van der Waals surface area (Å²) in [5.41, 5.74) is 0.981. The molecule has 1 aliphatic rings. The van der Waals surface area contributed by atoms with Crippen molar-refractivity contribution in [2.45, 2.75) is 13.0 Å². The summed E-state index contributed by atoms with van der Waals surface area (Å²) in [6, 6.07) is 7.21. The van der Waals surface area contributed by atoms with E-state index in [9.17, 15) is 10.1 Å². The molecular formula is C19H26N4O3. The molecule has 1 aliphatic heterocycles. The van der Waals surface area contributed by atoms with Crippen LogP contribution in [0.1, 0.15) is 18.5 Å². The summed E-state index contributed by atoms with van der Waals surface area (Å²) >= 11 is 0. The predicted molar refractivity (Wildman–Crippen MR) is 98.9 cm³/mol. The highest BCUT2D eigenvalue weighted by Crippen LogP contribution is 2.29. The lowest BCUT2D eigenvalue weighted by molar-refractivity contribution is -0.117. The van der Waals surface area contributed by atoms with E-state index in [-0.39, 0.29) is 17.5 Å². The largest absolute Gasteiger partial charge is 0.493 e. The Morgan fingerprint density at radius 1 is 1.23 bits per heavy atom. The van der Waals surface area contributed by atoms with Crippen LogP contribution in [0.25, 0.3) is 0 Å². The lowest BCUT2D eigenvalue weighted by Gasteiger charge is -2.31. The number of hydrogen-bond donors (Lipinski definition) is 1. The van der Waals surface area contributed by atoms with Gasteiger partial charge in [0.15, 0.2) is 11.5 Å². The number of rotatable bonds is 6. The number of carbonyl (C=O) groups excluding carboxylic acids is 1. The fraction of sp³-hybridized carbons (Fsp3) is 0.474. The zero-order chi connectivity index (χ0) is 19.1. The number of ether oxygens (including phenoxy) is 2. The first-order chi connectivity index (χ1) is 12.5. The van der Waals surface area contributed by atoms with Gasteiger partial charge in [-0.25, -0.2) is 0 Å². The molecule has 26 heavy (non-hydrogen) atoms. The third-order valence-corrected chi connectivity index (χ3v) is 4.47. The van der Waals surface area contributed by atoms with E-state index in [1.807, 2.05) is 30.0 Å². The van der Waals surface area contributed by atoms with Gasteiger partial charge in [0.1, 0.15) is 11.6 Å². The van der Waals surface area contributed by atoms with Crippen LogP contribution >= 0.6 is 0 Å². The van der Waals surface area contributed by atoms with Gasteiger partial charge >= 0.3 is 0 Å². The molecule has 140 valence electrons. The third-order valence-electron chi connectivity index (χ3n) is 4.47. The van der Waals surface area contributed by atoms with Gasteiger partial charge in [0.2, 0.25) is 0 Å². The second-order valence-corrected chi connectivity index (χ2v) is 6.30. The summed E-state index contributed by atoms with van der Waals surface area (Å²) in [7, 11) is 5.20. The average molecular weight is 358 g/mol. The highest BCUT2D eigenvalue weighted by atomic mass is 16.5. The Balaban J connectivity index is 2.06. The number of nitriles is 1. The lowest BCUT2D eigenvalue weighted by atomic mass is 10.1. The first-order valence-electron chi connectivity index (χ1n) is 8.55. The number of methoxy groups -OCH3 is 2. The molecule has 0 aromatic heterocycles. The first-order valence-corrected chi connectivity index (χ1v) is 8.55. The van der Waals surface area contributed by atoms with E-state index in [0.29, 0.717) is 11.5 Å². The molecule has 0 aliphatic carbocycles. The van der Waals surface area contributed by atoms with Crippen LogP contribution in [0, 0.1) is 11.3 Å². The standard InChI is InChI=1S/C19H26N4O3/c1-14(15-5-6-17(25-3)18(11-15)26-4)21-19(24)16(12-20)13-23-9-7-22(2)8-10-23/h5-6,11,13-14H,7-10H2,1-4H3,(H,21,24)/b16-13-. The summed E-state index contributed by atoms with van der Waals surface area (Å²) in [4.78, 5) is 16.7. The molecule has 0 radical (unpaired) electrons. The molecule has 7 nitrogen and oxygen atoms in total. The number of carbonyl (C=O) groups is 1. The molecule has 0 spiro atoms. The van der Waals surface area contributed by atoms with Crippen molar-refractivity contribution in [2.75, 3.05) is 47.4 Å². The van der Waals surface area contributed by atoms with Crippen LogP contribution in [-0.2, 0) is 4.79 Å².